The molecular formula is C21H29ClN4O3. The quantitative estimate of drug-likeness (QED) is 0.706. The monoisotopic (exact) mass is 420 g/mol. The van der Waals surface area contributed by atoms with Crippen LogP contribution in [0.1, 0.15) is 44.8 Å². The first-order valence-corrected chi connectivity index (χ1v) is 10.7. The summed E-state index contributed by atoms with van der Waals surface area (Å²) in [7, 11) is 0. The Morgan fingerprint density at radius 3 is 2.83 bits per heavy atom. The van der Waals surface area contributed by atoms with Crippen LogP contribution in [0.5, 0.6) is 0 Å². The fourth-order valence-electron chi connectivity index (χ4n) is 4.63. The molecule has 2 fully saturated rings. The average molecular weight is 421 g/mol. The number of halogens is 1. The Morgan fingerprint density at radius 1 is 1.38 bits per heavy atom. The first-order chi connectivity index (χ1) is 13.9. The summed E-state index contributed by atoms with van der Waals surface area (Å²) in [4.78, 5) is 14.4. The molecule has 8 heteroatoms. The molecule has 7 nitrogen and oxygen atoms in total. The van der Waals surface area contributed by atoms with Crippen molar-refractivity contribution in [1.29, 1.82) is 0 Å². The molecule has 0 spiro atoms. The number of benzene rings is 1. The predicted molar refractivity (Wildman–Crippen MR) is 112 cm³/mol. The van der Waals surface area contributed by atoms with Crippen molar-refractivity contribution in [2.24, 2.45) is 11.3 Å². The van der Waals surface area contributed by atoms with E-state index in [1.54, 1.807) is 6.20 Å². The largest absolute Gasteiger partial charge is 0.388 e. The van der Waals surface area contributed by atoms with Gasteiger partial charge in [-0.2, -0.15) is 5.10 Å². The minimum Gasteiger partial charge on any atom is -0.388 e. The molecule has 2 amide bonds. The molecule has 158 valence electrons. The first kappa shape index (κ1) is 20.4. The van der Waals surface area contributed by atoms with Crippen molar-refractivity contribution >= 4 is 28.5 Å². The number of aromatic nitrogens is 2. The fourth-order valence-corrected chi connectivity index (χ4v) is 4.86. The maximum absolute atomic E-state index is 12.5. The van der Waals surface area contributed by atoms with Crippen molar-refractivity contribution < 1.29 is 14.6 Å². The second kappa shape index (κ2) is 8.13. The number of hydrogen-bond acceptors (Lipinski definition) is 4. The van der Waals surface area contributed by atoms with Crippen LogP contribution in [-0.2, 0) is 4.74 Å². The van der Waals surface area contributed by atoms with Crippen LogP contribution >= 0.6 is 11.6 Å². The summed E-state index contributed by atoms with van der Waals surface area (Å²) >= 11 is 6.27. The van der Waals surface area contributed by atoms with Crippen LogP contribution in [0.4, 0.5) is 4.79 Å². The van der Waals surface area contributed by atoms with E-state index in [0.717, 1.165) is 35.7 Å². The number of aliphatic hydroxyl groups is 1. The zero-order chi connectivity index (χ0) is 20.6. The van der Waals surface area contributed by atoms with E-state index >= 15 is 0 Å². The van der Waals surface area contributed by atoms with E-state index in [0.29, 0.717) is 31.3 Å². The molecule has 2 aliphatic heterocycles. The molecule has 2 aromatic rings. The van der Waals surface area contributed by atoms with Gasteiger partial charge in [0.25, 0.3) is 0 Å². The summed E-state index contributed by atoms with van der Waals surface area (Å²) in [6.07, 6.45) is 3.61. The number of likely N-dealkylation sites (tertiary alicyclic amines) is 1. The van der Waals surface area contributed by atoms with E-state index < -0.39 is 6.10 Å². The number of aromatic amines is 1. The average Bonchev–Trinajstić information content (AvgIpc) is 3.38. The molecule has 2 aliphatic rings. The van der Waals surface area contributed by atoms with E-state index in [9.17, 15) is 9.90 Å². The van der Waals surface area contributed by atoms with Crippen molar-refractivity contribution in [3.63, 3.8) is 0 Å². The van der Waals surface area contributed by atoms with Gasteiger partial charge < -0.3 is 20.1 Å². The lowest BCUT2D eigenvalue weighted by molar-refractivity contribution is -0.0144. The summed E-state index contributed by atoms with van der Waals surface area (Å²) in [5.41, 5.74) is 1.23. The lowest BCUT2D eigenvalue weighted by atomic mass is 9.68. The van der Waals surface area contributed by atoms with Crippen LogP contribution in [0.3, 0.4) is 0 Å². The number of rotatable bonds is 4. The number of nitrogens with zero attached hydrogens (tertiary/aromatic N) is 2. The normalized spacial score (nSPS) is 22.2. The highest BCUT2D eigenvalue weighted by Gasteiger charge is 2.40. The van der Waals surface area contributed by atoms with Crippen LogP contribution < -0.4 is 5.32 Å². The van der Waals surface area contributed by atoms with Gasteiger partial charge in [0.2, 0.25) is 0 Å². The van der Waals surface area contributed by atoms with Gasteiger partial charge in [-0.25, -0.2) is 4.79 Å². The Bertz CT molecular complexity index is 870. The highest BCUT2D eigenvalue weighted by Crippen LogP contribution is 2.46. The number of fused-ring (bicyclic) bond motifs is 1. The Morgan fingerprint density at radius 2 is 2.14 bits per heavy atom. The second-order valence-electron chi connectivity index (χ2n) is 8.82. The van der Waals surface area contributed by atoms with E-state index in [-0.39, 0.29) is 23.4 Å². The zero-order valence-electron chi connectivity index (χ0n) is 16.9. The maximum Gasteiger partial charge on any atom is 0.317 e. The molecule has 0 unspecified atom stereocenters. The van der Waals surface area contributed by atoms with Gasteiger partial charge in [-0.1, -0.05) is 25.4 Å². The Balaban J connectivity index is 1.42. The standard InChI is InChI=1S/C21H29ClN4O3/c1-21(2,19(27)17-10-15(22)9-13-11-23-25-18(13)17)14-3-6-26(7-4-14)20(28)24-16-5-8-29-12-16/h9-11,14,16,19,27H,3-8,12H2,1-2H3,(H,23,25)(H,24,28)/t16-,19-/m1/s1. The van der Waals surface area contributed by atoms with E-state index in [4.69, 9.17) is 16.3 Å². The van der Waals surface area contributed by atoms with Crippen LogP contribution in [0.2, 0.25) is 5.02 Å². The SMILES string of the molecule is CC(C)(C1CCN(C(=O)N[C@@H]2CCOC2)CC1)[C@H](O)c1cc(Cl)cc2cn[nH]c12. The lowest BCUT2D eigenvalue weighted by Crippen LogP contribution is -2.49. The van der Waals surface area contributed by atoms with Gasteiger partial charge in [-0.3, -0.25) is 5.10 Å². The van der Waals surface area contributed by atoms with Crippen molar-refractivity contribution in [1.82, 2.24) is 20.4 Å². The maximum atomic E-state index is 12.5. The lowest BCUT2D eigenvalue weighted by Gasteiger charge is -2.43. The molecule has 1 aromatic carbocycles. The van der Waals surface area contributed by atoms with Gasteiger partial charge in [-0.15, -0.1) is 0 Å². The number of ether oxygens (including phenoxy) is 1. The van der Waals surface area contributed by atoms with E-state index in [2.05, 4.69) is 29.4 Å². The zero-order valence-corrected chi connectivity index (χ0v) is 17.7. The summed E-state index contributed by atoms with van der Waals surface area (Å²) in [6, 6.07) is 3.78. The number of H-pyrrole nitrogens is 1. The highest BCUT2D eigenvalue weighted by atomic mass is 35.5. The minimum atomic E-state index is -0.690. The second-order valence-corrected chi connectivity index (χ2v) is 9.26. The molecule has 3 heterocycles. The topological polar surface area (TPSA) is 90.5 Å². The van der Waals surface area contributed by atoms with Crippen LogP contribution in [0.25, 0.3) is 10.9 Å². The molecule has 2 saturated heterocycles. The molecule has 0 radical (unpaired) electrons. The number of hydrogen-bond donors (Lipinski definition) is 3. The molecule has 3 N–H and O–H groups in total. The van der Waals surface area contributed by atoms with Crippen LogP contribution in [-0.4, -0.2) is 58.6 Å². The summed E-state index contributed by atoms with van der Waals surface area (Å²) in [6.45, 7) is 6.88. The first-order valence-electron chi connectivity index (χ1n) is 10.3. The molecule has 0 saturated carbocycles. The number of nitrogens with one attached hydrogen (secondary N) is 2. The minimum absolute atomic E-state index is 0.00804. The van der Waals surface area contributed by atoms with Gasteiger partial charge in [0.05, 0.1) is 30.5 Å². The van der Waals surface area contributed by atoms with Crippen molar-refractivity contribution in [2.45, 2.75) is 45.3 Å². The number of piperidine rings is 1. The number of urea groups is 1. The summed E-state index contributed by atoms with van der Waals surface area (Å²) in [5, 5.41) is 22.9. The van der Waals surface area contributed by atoms with Crippen LogP contribution in [0, 0.1) is 11.3 Å². The summed E-state index contributed by atoms with van der Waals surface area (Å²) < 4.78 is 5.33. The highest BCUT2D eigenvalue weighted by molar-refractivity contribution is 6.31. The molecule has 0 bridgehead atoms. The van der Waals surface area contributed by atoms with Gasteiger partial charge >= 0.3 is 6.03 Å². The number of carbonyl (C=O) groups excluding carboxylic acids is 1. The third-order valence-corrected chi connectivity index (χ3v) is 6.85. The van der Waals surface area contributed by atoms with Gasteiger partial charge in [0, 0.05) is 35.7 Å². The third kappa shape index (κ3) is 4.09. The van der Waals surface area contributed by atoms with Crippen molar-refractivity contribution in [2.75, 3.05) is 26.3 Å². The van der Waals surface area contributed by atoms with Crippen molar-refractivity contribution in [3.8, 4) is 0 Å². The van der Waals surface area contributed by atoms with Gasteiger partial charge in [-0.05, 0) is 42.7 Å². The van der Waals surface area contributed by atoms with Gasteiger partial charge in [0.1, 0.15) is 0 Å². The Kier molecular flexibility index (Phi) is 5.73. The van der Waals surface area contributed by atoms with Gasteiger partial charge in [0.15, 0.2) is 0 Å². The molecule has 4 rings (SSSR count). The molecular weight excluding hydrogens is 392 g/mol. The Hall–Kier alpha value is -1.83. The van der Waals surface area contributed by atoms with Crippen molar-refractivity contribution in [3.05, 3.63) is 28.9 Å². The van der Waals surface area contributed by atoms with E-state index in [1.807, 2.05) is 17.0 Å². The molecule has 29 heavy (non-hydrogen) atoms. The molecule has 0 aliphatic carbocycles. The molecule has 2 atom stereocenters. The number of aliphatic hydroxyl groups excluding tert-OH is 1. The predicted octanol–water partition coefficient (Wildman–Crippen LogP) is 3.49. The van der Waals surface area contributed by atoms with Crippen LogP contribution in [0.15, 0.2) is 18.3 Å². The number of amides is 2. The smallest absolute Gasteiger partial charge is 0.317 e. The number of carbonyl (C=O) groups is 1. The van der Waals surface area contributed by atoms with E-state index in [1.165, 1.54) is 0 Å². The third-order valence-electron chi connectivity index (χ3n) is 6.64. The molecule has 1 aromatic heterocycles. The summed E-state index contributed by atoms with van der Waals surface area (Å²) in [5.74, 6) is 0.285. The fraction of sp³-hybridized carbons (Fsp3) is 0.619. The Labute approximate surface area is 175 Å².